The molecule has 0 saturated carbocycles. The van der Waals surface area contributed by atoms with Gasteiger partial charge in [0.25, 0.3) is 5.91 Å². The zero-order valence-corrected chi connectivity index (χ0v) is 15.2. The second-order valence-corrected chi connectivity index (χ2v) is 6.83. The molecule has 2 N–H and O–H groups in total. The molecule has 0 radical (unpaired) electrons. The minimum atomic E-state index is -1.05. The van der Waals surface area contributed by atoms with Crippen LogP contribution in [0.5, 0.6) is 17.2 Å². The van der Waals surface area contributed by atoms with Crippen molar-refractivity contribution in [2.24, 2.45) is 0 Å². The largest absolute Gasteiger partial charge is 0.483 e. The number of nitrogens with one attached hydrogen (secondary N) is 1. The van der Waals surface area contributed by atoms with E-state index in [0.717, 1.165) is 12.0 Å². The van der Waals surface area contributed by atoms with Crippen molar-refractivity contribution in [1.29, 1.82) is 0 Å². The summed E-state index contributed by atoms with van der Waals surface area (Å²) in [6.07, 6.45) is 0.794. The zero-order chi connectivity index (χ0) is 19.4. The van der Waals surface area contributed by atoms with E-state index in [-0.39, 0.29) is 18.1 Å². The van der Waals surface area contributed by atoms with Crippen LogP contribution in [0.1, 0.15) is 19.4 Å². The van der Waals surface area contributed by atoms with Gasteiger partial charge in [0.2, 0.25) is 0 Å². The molecule has 2 aromatic rings. The van der Waals surface area contributed by atoms with Gasteiger partial charge in [-0.25, -0.2) is 4.79 Å². The van der Waals surface area contributed by atoms with Crippen LogP contribution in [-0.4, -0.2) is 35.8 Å². The highest BCUT2D eigenvalue weighted by Crippen LogP contribution is 2.41. The van der Waals surface area contributed by atoms with E-state index in [4.69, 9.17) is 19.3 Å². The Morgan fingerprint density at radius 3 is 2.56 bits per heavy atom. The standard InChI is InChI=1S/C20H21NO6/c1-20(2)10-13-4-3-5-16(19(13)27-20)26-11-17(22)21-14-6-8-15(9-7-14)25-12-18(23)24/h3-9H,10-12H2,1-2H3,(H,21,22)(H,23,24). The van der Waals surface area contributed by atoms with E-state index in [1.54, 1.807) is 30.3 Å². The first-order valence-corrected chi connectivity index (χ1v) is 8.51. The SMILES string of the molecule is CC1(C)Cc2cccc(OCC(=O)Nc3ccc(OCC(=O)O)cc3)c2O1. The lowest BCUT2D eigenvalue weighted by Gasteiger charge is -2.18. The third kappa shape index (κ3) is 4.91. The summed E-state index contributed by atoms with van der Waals surface area (Å²) < 4.78 is 16.6. The quantitative estimate of drug-likeness (QED) is 0.777. The van der Waals surface area contributed by atoms with Crippen LogP contribution in [0.15, 0.2) is 42.5 Å². The molecule has 1 aliphatic rings. The molecule has 0 bridgehead atoms. The van der Waals surface area contributed by atoms with Crippen LogP contribution in [-0.2, 0) is 16.0 Å². The number of anilines is 1. The summed E-state index contributed by atoms with van der Waals surface area (Å²) >= 11 is 0. The van der Waals surface area contributed by atoms with Crippen molar-refractivity contribution in [3.8, 4) is 17.2 Å². The number of hydrogen-bond acceptors (Lipinski definition) is 5. The van der Waals surface area contributed by atoms with Crippen LogP contribution in [0.25, 0.3) is 0 Å². The number of fused-ring (bicyclic) bond motifs is 1. The van der Waals surface area contributed by atoms with Crippen LogP contribution in [0.4, 0.5) is 5.69 Å². The van der Waals surface area contributed by atoms with Gasteiger partial charge in [0.15, 0.2) is 24.7 Å². The number of carbonyl (C=O) groups is 2. The van der Waals surface area contributed by atoms with Gasteiger partial charge in [0, 0.05) is 17.7 Å². The fraction of sp³-hybridized carbons (Fsp3) is 0.300. The molecule has 2 aromatic carbocycles. The van der Waals surface area contributed by atoms with Crippen molar-refractivity contribution >= 4 is 17.6 Å². The fourth-order valence-corrected chi connectivity index (χ4v) is 2.82. The van der Waals surface area contributed by atoms with Crippen LogP contribution >= 0.6 is 0 Å². The molecular formula is C20H21NO6. The van der Waals surface area contributed by atoms with Gasteiger partial charge in [0.1, 0.15) is 11.4 Å². The second-order valence-electron chi connectivity index (χ2n) is 6.83. The number of carboxylic acid groups (broad SMARTS) is 1. The first-order chi connectivity index (χ1) is 12.8. The molecule has 0 saturated heterocycles. The number of aliphatic carboxylic acids is 1. The van der Waals surface area contributed by atoms with E-state index < -0.39 is 12.6 Å². The number of carbonyl (C=O) groups excluding carboxylic acids is 1. The highest BCUT2D eigenvalue weighted by Gasteiger charge is 2.32. The minimum absolute atomic E-state index is 0.155. The molecule has 0 atom stereocenters. The zero-order valence-electron chi connectivity index (χ0n) is 15.2. The van der Waals surface area contributed by atoms with E-state index in [2.05, 4.69) is 5.32 Å². The molecule has 0 spiro atoms. The van der Waals surface area contributed by atoms with Gasteiger partial charge >= 0.3 is 5.97 Å². The van der Waals surface area contributed by atoms with E-state index in [1.165, 1.54) is 0 Å². The third-order valence-corrected chi connectivity index (χ3v) is 3.91. The number of benzene rings is 2. The molecular weight excluding hydrogens is 350 g/mol. The lowest BCUT2D eigenvalue weighted by Crippen LogP contribution is -2.25. The van der Waals surface area contributed by atoms with Gasteiger partial charge in [-0.15, -0.1) is 0 Å². The summed E-state index contributed by atoms with van der Waals surface area (Å²) in [6.45, 7) is 3.44. The summed E-state index contributed by atoms with van der Waals surface area (Å²) in [5.74, 6) is 0.278. The Morgan fingerprint density at radius 1 is 1.11 bits per heavy atom. The number of rotatable bonds is 7. The Kier molecular flexibility index (Phi) is 5.21. The third-order valence-electron chi connectivity index (χ3n) is 3.91. The Morgan fingerprint density at radius 2 is 1.85 bits per heavy atom. The summed E-state index contributed by atoms with van der Waals surface area (Å²) in [5, 5.41) is 11.3. The fourth-order valence-electron chi connectivity index (χ4n) is 2.82. The number of hydrogen-bond donors (Lipinski definition) is 2. The highest BCUT2D eigenvalue weighted by atomic mass is 16.5. The van der Waals surface area contributed by atoms with Crippen LogP contribution in [0.2, 0.25) is 0 Å². The predicted octanol–water partition coefficient (Wildman–Crippen LogP) is 2.88. The van der Waals surface area contributed by atoms with Crippen LogP contribution in [0, 0.1) is 0 Å². The molecule has 1 aliphatic heterocycles. The first kappa shape index (κ1) is 18.6. The van der Waals surface area contributed by atoms with Gasteiger partial charge in [-0.05, 0) is 44.2 Å². The molecule has 142 valence electrons. The average molecular weight is 371 g/mol. The molecule has 0 fully saturated rings. The molecule has 0 aliphatic carbocycles. The van der Waals surface area contributed by atoms with Crippen molar-refractivity contribution in [3.63, 3.8) is 0 Å². The second kappa shape index (κ2) is 7.57. The number of carboxylic acids is 1. The van der Waals surface area contributed by atoms with Crippen LogP contribution in [0.3, 0.4) is 0 Å². The molecule has 7 heteroatoms. The molecule has 1 amide bonds. The lowest BCUT2D eigenvalue weighted by molar-refractivity contribution is -0.139. The molecule has 1 heterocycles. The number of ether oxygens (including phenoxy) is 3. The Bertz CT molecular complexity index is 844. The van der Waals surface area contributed by atoms with E-state index in [9.17, 15) is 9.59 Å². The number of amides is 1. The molecule has 7 nitrogen and oxygen atoms in total. The molecule has 27 heavy (non-hydrogen) atoms. The molecule has 3 rings (SSSR count). The maximum absolute atomic E-state index is 12.1. The topological polar surface area (TPSA) is 94.1 Å². The summed E-state index contributed by atoms with van der Waals surface area (Å²) in [6, 6.07) is 12.1. The van der Waals surface area contributed by atoms with Crippen molar-refractivity contribution in [1.82, 2.24) is 0 Å². The Hall–Kier alpha value is -3.22. The monoisotopic (exact) mass is 371 g/mol. The maximum Gasteiger partial charge on any atom is 0.341 e. The van der Waals surface area contributed by atoms with Crippen molar-refractivity contribution < 1.29 is 28.9 Å². The lowest BCUT2D eigenvalue weighted by atomic mass is 10.0. The summed E-state index contributed by atoms with van der Waals surface area (Å²) in [4.78, 5) is 22.6. The predicted molar refractivity (Wildman–Crippen MR) is 98.6 cm³/mol. The van der Waals surface area contributed by atoms with Gasteiger partial charge in [-0.3, -0.25) is 4.79 Å². The van der Waals surface area contributed by atoms with Gasteiger partial charge in [-0.1, -0.05) is 12.1 Å². The normalized spacial score (nSPS) is 14.0. The summed E-state index contributed by atoms with van der Waals surface area (Å²) in [7, 11) is 0. The average Bonchev–Trinajstić information content (AvgIpc) is 2.93. The number of para-hydroxylation sites is 1. The molecule has 0 unspecified atom stereocenters. The van der Waals surface area contributed by atoms with Gasteiger partial charge in [0.05, 0.1) is 0 Å². The minimum Gasteiger partial charge on any atom is -0.483 e. The van der Waals surface area contributed by atoms with Crippen molar-refractivity contribution in [2.75, 3.05) is 18.5 Å². The summed E-state index contributed by atoms with van der Waals surface area (Å²) in [5.41, 5.74) is 1.34. The van der Waals surface area contributed by atoms with E-state index in [1.807, 2.05) is 26.0 Å². The molecule has 0 aromatic heterocycles. The first-order valence-electron chi connectivity index (χ1n) is 8.51. The van der Waals surface area contributed by atoms with Gasteiger partial charge < -0.3 is 24.6 Å². The van der Waals surface area contributed by atoms with Crippen LogP contribution < -0.4 is 19.5 Å². The van der Waals surface area contributed by atoms with Gasteiger partial charge in [-0.2, -0.15) is 0 Å². The highest BCUT2D eigenvalue weighted by molar-refractivity contribution is 5.92. The smallest absolute Gasteiger partial charge is 0.341 e. The van der Waals surface area contributed by atoms with Crippen molar-refractivity contribution in [3.05, 3.63) is 48.0 Å². The Balaban J connectivity index is 1.54. The van der Waals surface area contributed by atoms with Crippen molar-refractivity contribution in [2.45, 2.75) is 25.9 Å². The Labute approximate surface area is 156 Å². The van der Waals surface area contributed by atoms with E-state index in [0.29, 0.717) is 22.9 Å². The maximum atomic E-state index is 12.1. The van der Waals surface area contributed by atoms with E-state index >= 15 is 0 Å².